The Kier molecular flexibility index (Phi) is 4.05. The van der Waals surface area contributed by atoms with Gasteiger partial charge in [-0.15, -0.1) is 5.10 Å². The predicted octanol–water partition coefficient (Wildman–Crippen LogP) is 2.92. The Balaban J connectivity index is 2.31. The molecule has 0 bridgehead atoms. The van der Waals surface area contributed by atoms with E-state index in [0.29, 0.717) is 10.6 Å². The number of aromatic nitrogens is 2. The standard InChI is InChI=1S/C13H11FN4OS/c1-7(2)11-12(20-18-17-11)13(19)16-10-5-3-4-9(14)8(10)6-15/h3-5,7H,1-2H3,(H,16,19). The van der Waals surface area contributed by atoms with Crippen LogP contribution in [0.4, 0.5) is 10.1 Å². The molecule has 0 fully saturated rings. The largest absolute Gasteiger partial charge is 0.320 e. The number of nitrogens with zero attached hydrogens (tertiary/aromatic N) is 3. The molecule has 0 saturated heterocycles. The van der Waals surface area contributed by atoms with Crippen LogP contribution in [0.1, 0.15) is 40.7 Å². The normalized spacial score (nSPS) is 10.3. The second-order valence-corrected chi connectivity index (χ2v) is 5.12. The molecule has 2 aromatic rings. The summed E-state index contributed by atoms with van der Waals surface area (Å²) in [4.78, 5) is 12.5. The molecule has 1 heterocycles. The van der Waals surface area contributed by atoms with Crippen molar-refractivity contribution >= 4 is 23.1 Å². The fourth-order valence-electron chi connectivity index (χ4n) is 1.65. The average molecular weight is 290 g/mol. The lowest BCUT2D eigenvalue weighted by atomic mass is 10.1. The number of hydrogen-bond acceptors (Lipinski definition) is 5. The molecular formula is C13H11FN4OS. The summed E-state index contributed by atoms with van der Waals surface area (Å²) >= 11 is 0.973. The van der Waals surface area contributed by atoms with Gasteiger partial charge in [0.15, 0.2) is 0 Å². The van der Waals surface area contributed by atoms with Crippen LogP contribution in [0.15, 0.2) is 18.2 Å². The number of halogens is 1. The van der Waals surface area contributed by atoms with Crippen LogP contribution in [-0.4, -0.2) is 15.5 Å². The Morgan fingerprint density at radius 1 is 1.50 bits per heavy atom. The fraction of sp³-hybridized carbons (Fsp3) is 0.231. The first-order valence-electron chi connectivity index (χ1n) is 5.86. The minimum absolute atomic E-state index is 0.0532. The number of carbonyl (C=O) groups is 1. The number of nitriles is 1. The number of hydrogen-bond donors (Lipinski definition) is 1. The van der Waals surface area contributed by atoms with Crippen LogP contribution in [0, 0.1) is 17.1 Å². The Labute approximate surface area is 119 Å². The summed E-state index contributed by atoms with van der Waals surface area (Å²) in [5.41, 5.74) is 0.535. The van der Waals surface area contributed by atoms with Crippen molar-refractivity contribution in [3.63, 3.8) is 0 Å². The Morgan fingerprint density at radius 2 is 2.25 bits per heavy atom. The first kappa shape index (κ1) is 14.1. The maximum atomic E-state index is 13.5. The Morgan fingerprint density at radius 3 is 2.90 bits per heavy atom. The molecule has 0 radical (unpaired) electrons. The Bertz CT molecular complexity index is 690. The van der Waals surface area contributed by atoms with E-state index in [4.69, 9.17) is 5.26 Å². The molecule has 1 amide bonds. The fourth-order valence-corrected chi connectivity index (χ4v) is 2.37. The third-order valence-electron chi connectivity index (χ3n) is 2.64. The maximum absolute atomic E-state index is 13.5. The second-order valence-electron chi connectivity index (χ2n) is 4.37. The molecule has 102 valence electrons. The van der Waals surface area contributed by atoms with Gasteiger partial charge in [0.05, 0.1) is 11.4 Å². The molecule has 7 heteroatoms. The third-order valence-corrected chi connectivity index (χ3v) is 3.38. The molecule has 1 aromatic heterocycles. The van der Waals surface area contributed by atoms with E-state index in [2.05, 4.69) is 14.9 Å². The highest BCUT2D eigenvalue weighted by molar-refractivity contribution is 7.08. The molecule has 1 aromatic carbocycles. The number of carbonyl (C=O) groups excluding carboxylic acids is 1. The summed E-state index contributed by atoms with van der Waals surface area (Å²) in [6.45, 7) is 3.80. The zero-order chi connectivity index (χ0) is 14.7. The van der Waals surface area contributed by atoms with Gasteiger partial charge in [-0.25, -0.2) is 4.39 Å². The lowest BCUT2D eigenvalue weighted by Gasteiger charge is -2.07. The Hall–Kier alpha value is -2.33. The van der Waals surface area contributed by atoms with Crippen LogP contribution >= 0.6 is 11.5 Å². The minimum atomic E-state index is -0.670. The van der Waals surface area contributed by atoms with Crippen LogP contribution in [-0.2, 0) is 0 Å². The van der Waals surface area contributed by atoms with Gasteiger partial charge in [-0.3, -0.25) is 4.79 Å². The molecule has 20 heavy (non-hydrogen) atoms. The van der Waals surface area contributed by atoms with Crippen LogP contribution in [0.3, 0.4) is 0 Å². The molecular weight excluding hydrogens is 279 g/mol. The highest BCUT2D eigenvalue weighted by Crippen LogP contribution is 2.23. The van der Waals surface area contributed by atoms with E-state index in [-0.39, 0.29) is 17.2 Å². The zero-order valence-corrected chi connectivity index (χ0v) is 11.7. The molecule has 1 N–H and O–H groups in total. The van der Waals surface area contributed by atoms with Crippen molar-refractivity contribution < 1.29 is 9.18 Å². The van der Waals surface area contributed by atoms with Gasteiger partial charge < -0.3 is 5.32 Å². The number of anilines is 1. The van der Waals surface area contributed by atoms with Crippen molar-refractivity contribution in [2.45, 2.75) is 19.8 Å². The van der Waals surface area contributed by atoms with Crippen molar-refractivity contribution in [2.75, 3.05) is 5.32 Å². The predicted molar refractivity (Wildman–Crippen MR) is 73.1 cm³/mol. The molecule has 0 atom stereocenters. The van der Waals surface area contributed by atoms with Gasteiger partial charge in [-0.1, -0.05) is 24.4 Å². The van der Waals surface area contributed by atoms with Crippen molar-refractivity contribution in [1.82, 2.24) is 9.59 Å². The monoisotopic (exact) mass is 290 g/mol. The smallest absolute Gasteiger partial charge is 0.269 e. The van der Waals surface area contributed by atoms with E-state index in [1.54, 1.807) is 6.07 Å². The topological polar surface area (TPSA) is 78.7 Å². The molecule has 0 spiro atoms. The molecule has 0 aliphatic heterocycles. The third kappa shape index (κ3) is 2.65. The summed E-state index contributed by atoms with van der Waals surface area (Å²) in [5, 5.41) is 15.4. The first-order valence-corrected chi connectivity index (χ1v) is 6.64. The highest BCUT2D eigenvalue weighted by atomic mass is 32.1. The summed E-state index contributed by atoms with van der Waals surface area (Å²) in [6, 6.07) is 5.81. The molecule has 0 unspecified atom stereocenters. The minimum Gasteiger partial charge on any atom is -0.320 e. The average Bonchev–Trinajstić information content (AvgIpc) is 2.88. The first-order chi connectivity index (χ1) is 9.54. The maximum Gasteiger partial charge on any atom is 0.269 e. The number of benzene rings is 1. The zero-order valence-electron chi connectivity index (χ0n) is 10.8. The van der Waals surface area contributed by atoms with Crippen LogP contribution < -0.4 is 5.32 Å². The van der Waals surface area contributed by atoms with E-state index in [9.17, 15) is 9.18 Å². The van der Waals surface area contributed by atoms with E-state index in [1.807, 2.05) is 13.8 Å². The van der Waals surface area contributed by atoms with Gasteiger partial charge in [0, 0.05) is 0 Å². The molecule has 0 saturated carbocycles. The lowest BCUT2D eigenvalue weighted by molar-refractivity contribution is 0.102. The highest BCUT2D eigenvalue weighted by Gasteiger charge is 2.20. The van der Waals surface area contributed by atoms with Gasteiger partial charge in [0.2, 0.25) is 0 Å². The number of amides is 1. The van der Waals surface area contributed by atoms with Crippen LogP contribution in [0.5, 0.6) is 0 Å². The van der Waals surface area contributed by atoms with Crippen LogP contribution in [0.2, 0.25) is 0 Å². The van der Waals surface area contributed by atoms with Crippen molar-refractivity contribution in [3.8, 4) is 6.07 Å². The van der Waals surface area contributed by atoms with Gasteiger partial charge in [-0.2, -0.15) is 5.26 Å². The molecule has 0 aliphatic carbocycles. The quantitative estimate of drug-likeness (QED) is 0.942. The summed E-state index contributed by atoms with van der Waals surface area (Å²) in [6.07, 6.45) is 0. The van der Waals surface area contributed by atoms with Crippen molar-refractivity contribution in [2.24, 2.45) is 0 Å². The summed E-state index contributed by atoms with van der Waals surface area (Å²) < 4.78 is 17.2. The van der Waals surface area contributed by atoms with Gasteiger partial charge in [0.1, 0.15) is 22.3 Å². The van der Waals surface area contributed by atoms with Gasteiger partial charge >= 0.3 is 0 Å². The van der Waals surface area contributed by atoms with Crippen molar-refractivity contribution in [1.29, 1.82) is 5.26 Å². The van der Waals surface area contributed by atoms with Crippen LogP contribution in [0.25, 0.3) is 0 Å². The lowest BCUT2D eigenvalue weighted by Crippen LogP contribution is -2.14. The SMILES string of the molecule is CC(C)c1nnsc1C(=O)Nc1cccc(F)c1C#N. The van der Waals surface area contributed by atoms with Gasteiger partial charge in [0.25, 0.3) is 5.91 Å². The van der Waals surface area contributed by atoms with E-state index >= 15 is 0 Å². The summed E-state index contributed by atoms with van der Waals surface area (Å²) in [5.74, 6) is -1.06. The molecule has 5 nitrogen and oxygen atoms in total. The molecule has 2 rings (SSSR count). The second kappa shape index (κ2) is 5.75. The van der Waals surface area contributed by atoms with Crippen molar-refractivity contribution in [3.05, 3.63) is 40.2 Å². The van der Waals surface area contributed by atoms with E-state index < -0.39 is 11.7 Å². The molecule has 0 aliphatic rings. The summed E-state index contributed by atoms with van der Waals surface area (Å²) in [7, 11) is 0. The van der Waals surface area contributed by atoms with E-state index in [0.717, 1.165) is 11.5 Å². The number of rotatable bonds is 3. The number of nitrogens with one attached hydrogen (secondary N) is 1. The van der Waals surface area contributed by atoms with E-state index in [1.165, 1.54) is 18.2 Å². The van der Waals surface area contributed by atoms with Gasteiger partial charge in [-0.05, 0) is 29.6 Å².